The number of aliphatic hydroxyl groups excluding tert-OH is 1. The largest absolute Gasteiger partial charge is 0.496 e. The van der Waals surface area contributed by atoms with Crippen LogP contribution in [0.15, 0.2) is 60.2 Å². The number of aliphatic hydroxyl groups is 2. The molecule has 1 aliphatic carbocycles. The quantitative estimate of drug-likeness (QED) is 0.170. The number of carbonyl (C=O) groups excluding carboxylic acids is 3. The second-order valence-corrected chi connectivity index (χ2v) is 17.0. The van der Waals surface area contributed by atoms with Gasteiger partial charge in [0.25, 0.3) is 0 Å². The highest BCUT2D eigenvalue weighted by molar-refractivity contribution is 5.98. The molecule has 12 nitrogen and oxygen atoms in total. The van der Waals surface area contributed by atoms with Crippen molar-refractivity contribution in [3.8, 4) is 5.75 Å². The summed E-state index contributed by atoms with van der Waals surface area (Å²) in [5.41, 5.74) is 0.691. The van der Waals surface area contributed by atoms with E-state index in [9.17, 15) is 24.6 Å². The summed E-state index contributed by atoms with van der Waals surface area (Å²) in [6.45, 7) is 10.4. The van der Waals surface area contributed by atoms with Crippen molar-refractivity contribution in [2.75, 3.05) is 59.0 Å². The van der Waals surface area contributed by atoms with E-state index in [4.69, 9.17) is 14.2 Å². The minimum absolute atomic E-state index is 0.299. The van der Waals surface area contributed by atoms with Gasteiger partial charge in [-0.05, 0) is 61.9 Å². The SMILES string of the molecule is CCC1=CCCN(Cc2c(C(CC)(C(=O)CO)c3cc4c(cc3OC)N(C)[C@H]3[C@@](O)(C(=O)OC)[C@H](OC(C)=O)[C@@]5(CC)C=CCN6CC[C@]43[C@@H]65)[nH]c3ccccc23)C1. The van der Waals surface area contributed by atoms with Gasteiger partial charge >= 0.3 is 11.9 Å². The summed E-state index contributed by atoms with van der Waals surface area (Å²) in [7, 11) is 4.69. The zero-order valence-electron chi connectivity index (χ0n) is 34.9. The van der Waals surface area contributed by atoms with Crippen LogP contribution in [0.25, 0.3) is 10.9 Å². The van der Waals surface area contributed by atoms with Crippen molar-refractivity contribution < 1.29 is 38.8 Å². The predicted molar refractivity (Wildman–Crippen MR) is 221 cm³/mol. The van der Waals surface area contributed by atoms with E-state index in [-0.39, 0.29) is 11.8 Å². The number of nitrogens with one attached hydrogen (secondary N) is 1. The number of ketones is 1. The molecule has 58 heavy (non-hydrogen) atoms. The number of H-pyrrole nitrogens is 1. The molecule has 4 aliphatic heterocycles. The van der Waals surface area contributed by atoms with Crippen molar-refractivity contribution in [3.05, 3.63) is 82.6 Å². The number of hydrogen-bond donors (Lipinski definition) is 3. The lowest BCUT2D eigenvalue weighted by atomic mass is 9.47. The summed E-state index contributed by atoms with van der Waals surface area (Å²) in [4.78, 5) is 52.7. The number of likely N-dealkylation sites (N-methyl/N-ethyl adjacent to an activating group) is 1. The number of rotatable bonds is 12. The van der Waals surface area contributed by atoms with Gasteiger partial charge in [0.1, 0.15) is 12.4 Å². The number of Topliss-reactive ketones (excluding diaryl/α,β-unsaturated/α-hetero) is 1. The van der Waals surface area contributed by atoms with E-state index in [1.165, 1.54) is 19.6 Å². The molecule has 1 aromatic heterocycles. The summed E-state index contributed by atoms with van der Waals surface area (Å²) < 4.78 is 17.8. The van der Waals surface area contributed by atoms with Crippen LogP contribution in [0.3, 0.4) is 0 Å². The molecule has 2 fully saturated rings. The van der Waals surface area contributed by atoms with Gasteiger partial charge in [0.15, 0.2) is 11.9 Å². The normalized spacial score (nSPS) is 30.0. The molecule has 310 valence electrons. The highest BCUT2D eigenvalue weighted by Crippen LogP contribution is 2.68. The fourth-order valence-electron chi connectivity index (χ4n) is 12.4. The number of benzene rings is 2. The minimum Gasteiger partial charge on any atom is -0.496 e. The average Bonchev–Trinajstić information content (AvgIpc) is 3.89. The fraction of sp³-hybridized carbons (Fsp3) is 0.543. The molecule has 1 unspecified atom stereocenters. The third-order valence-electron chi connectivity index (χ3n) is 14.7. The lowest BCUT2D eigenvalue weighted by Crippen LogP contribution is -2.81. The van der Waals surface area contributed by atoms with Crippen molar-refractivity contribution >= 4 is 34.3 Å². The summed E-state index contributed by atoms with van der Waals surface area (Å²) in [6, 6.07) is 10.9. The van der Waals surface area contributed by atoms with Crippen LogP contribution < -0.4 is 9.64 Å². The van der Waals surface area contributed by atoms with Crippen LogP contribution in [-0.2, 0) is 41.2 Å². The molecule has 0 amide bonds. The Labute approximate surface area is 340 Å². The van der Waals surface area contributed by atoms with Crippen molar-refractivity contribution in [2.24, 2.45) is 5.41 Å². The average molecular weight is 795 g/mol. The third kappa shape index (κ3) is 5.30. The molecule has 5 heterocycles. The van der Waals surface area contributed by atoms with Gasteiger partial charge in [-0.2, -0.15) is 0 Å². The Bertz CT molecular complexity index is 2210. The standard InChI is InChI=1S/C46H58N4O8/c1-8-29-15-13-20-49(25-29)26-31-30-16-11-12-17-34(30)47-38(31)44(10-3,37(53)27-51)33-23-32-35(24-36(33)56-6)48(5)40-45(32)19-22-50-21-14-18-43(9-2,39(45)50)41(58-28(4)52)46(40,55)42(54)57-7/h11-12,14-18,23-24,39-41,47,51,55H,8-10,13,19-22,25-27H2,1-7H3/t39-,40+,41+,43-,44?,45+,46-/m0/s1. The topological polar surface area (TPSA) is 145 Å². The predicted octanol–water partition coefficient (Wildman–Crippen LogP) is 4.92. The van der Waals surface area contributed by atoms with E-state index in [0.717, 1.165) is 59.3 Å². The van der Waals surface area contributed by atoms with Gasteiger partial charge in [0.2, 0.25) is 5.60 Å². The minimum atomic E-state index is -2.29. The van der Waals surface area contributed by atoms with E-state index in [1.807, 2.05) is 62.2 Å². The van der Waals surface area contributed by atoms with Crippen LogP contribution in [0.5, 0.6) is 5.75 Å². The number of aromatic amines is 1. The van der Waals surface area contributed by atoms with Crippen molar-refractivity contribution in [3.63, 3.8) is 0 Å². The van der Waals surface area contributed by atoms with E-state index in [1.54, 1.807) is 7.11 Å². The van der Waals surface area contributed by atoms with Crippen LogP contribution in [-0.4, -0.2) is 121 Å². The summed E-state index contributed by atoms with van der Waals surface area (Å²) >= 11 is 0. The maximum absolute atomic E-state index is 14.9. The molecule has 7 atom stereocenters. The van der Waals surface area contributed by atoms with Crippen LogP contribution in [0.2, 0.25) is 0 Å². The summed E-state index contributed by atoms with van der Waals surface area (Å²) in [5.74, 6) is -1.40. The van der Waals surface area contributed by atoms with Crippen LogP contribution in [0.1, 0.15) is 82.2 Å². The number of ether oxygens (including phenoxy) is 3. The molecule has 0 radical (unpaired) electrons. The smallest absolute Gasteiger partial charge is 0.344 e. The summed E-state index contributed by atoms with van der Waals surface area (Å²) in [5, 5.41) is 25.2. The first kappa shape index (κ1) is 40.3. The number of methoxy groups -OCH3 is 2. The number of hydrogen-bond acceptors (Lipinski definition) is 11. The number of aromatic nitrogens is 1. The first-order valence-corrected chi connectivity index (χ1v) is 20.9. The Hall–Kier alpha value is -4.49. The molecule has 0 bridgehead atoms. The second-order valence-electron chi connectivity index (χ2n) is 17.0. The van der Waals surface area contributed by atoms with E-state index < -0.39 is 52.5 Å². The Morgan fingerprint density at radius 1 is 1.07 bits per heavy atom. The monoisotopic (exact) mass is 794 g/mol. The molecule has 3 aromatic rings. The van der Waals surface area contributed by atoms with Gasteiger partial charge in [0.05, 0.1) is 25.7 Å². The van der Waals surface area contributed by atoms with E-state index >= 15 is 0 Å². The second kappa shape index (κ2) is 14.7. The van der Waals surface area contributed by atoms with Gasteiger partial charge < -0.3 is 34.3 Å². The molecule has 8 rings (SSSR count). The Morgan fingerprint density at radius 3 is 2.52 bits per heavy atom. The lowest BCUT2D eigenvalue weighted by Gasteiger charge is -2.63. The van der Waals surface area contributed by atoms with Gasteiger partial charge in [-0.15, -0.1) is 0 Å². The van der Waals surface area contributed by atoms with Crippen molar-refractivity contribution in [1.82, 2.24) is 14.8 Å². The Kier molecular flexibility index (Phi) is 10.2. The van der Waals surface area contributed by atoms with Crippen LogP contribution in [0, 0.1) is 5.41 Å². The Morgan fingerprint density at radius 2 is 1.84 bits per heavy atom. The van der Waals surface area contributed by atoms with Crippen LogP contribution in [0.4, 0.5) is 5.69 Å². The fourth-order valence-corrected chi connectivity index (χ4v) is 12.4. The molecule has 3 N–H and O–H groups in total. The van der Waals surface area contributed by atoms with E-state index in [2.05, 4.69) is 39.9 Å². The molecule has 2 aromatic carbocycles. The summed E-state index contributed by atoms with van der Waals surface area (Å²) in [6.07, 6.45) is 8.45. The van der Waals surface area contributed by atoms with Gasteiger partial charge in [-0.25, -0.2) is 4.79 Å². The first-order chi connectivity index (χ1) is 27.9. The number of esters is 2. The molecule has 12 heteroatoms. The van der Waals surface area contributed by atoms with Gasteiger partial charge in [-0.1, -0.05) is 62.8 Å². The van der Waals surface area contributed by atoms with Crippen molar-refractivity contribution in [1.29, 1.82) is 0 Å². The van der Waals surface area contributed by atoms with Crippen molar-refractivity contribution in [2.45, 2.75) is 101 Å². The highest BCUT2D eigenvalue weighted by atomic mass is 16.6. The molecular weight excluding hydrogens is 737 g/mol. The number of nitrogens with zero attached hydrogens (tertiary/aromatic N) is 3. The van der Waals surface area contributed by atoms with Gasteiger partial charge in [-0.3, -0.25) is 19.4 Å². The maximum Gasteiger partial charge on any atom is 0.344 e. The van der Waals surface area contributed by atoms with E-state index in [0.29, 0.717) is 50.2 Å². The number of carbonyl (C=O) groups is 3. The Balaban J connectivity index is 1.41. The number of anilines is 1. The molecule has 1 saturated carbocycles. The number of fused-ring (bicyclic) bond motifs is 2. The zero-order chi connectivity index (χ0) is 41.4. The number of para-hydroxylation sites is 1. The van der Waals surface area contributed by atoms with Crippen LogP contribution >= 0.6 is 0 Å². The lowest BCUT2D eigenvalue weighted by molar-refractivity contribution is -0.228. The molecule has 1 saturated heterocycles. The zero-order valence-corrected chi connectivity index (χ0v) is 34.9. The molecular formula is C46H58N4O8. The molecule has 1 spiro atoms. The third-order valence-corrected chi connectivity index (χ3v) is 14.7. The molecule has 5 aliphatic rings. The van der Waals surface area contributed by atoms with Gasteiger partial charge in [0, 0.05) is 90.9 Å². The maximum atomic E-state index is 14.9. The highest BCUT2D eigenvalue weighted by Gasteiger charge is 2.80. The first-order valence-electron chi connectivity index (χ1n) is 20.9.